The largest absolute Gasteiger partial charge is 0.389 e. The van der Waals surface area contributed by atoms with Gasteiger partial charge in [-0.15, -0.1) is 0 Å². The number of anilines is 1. The summed E-state index contributed by atoms with van der Waals surface area (Å²) in [5.74, 6) is 0. The van der Waals surface area contributed by atoms with Gasteiger partial charge < -0.3 is 10.6 Å². The van der Waals surface area contributed by atoms with Crippen molar-refractivity contribution < 1.29 is 0 Å². The first-order valence-electron chi connectivity index (χ1n) is 5.94. The predicted molar refractivity (Wildman–Crippen MR) is 82.8 cm³/mol. The number of hydrogen-bond donors (Lipinski definition) is 1. The number of benzene rings is 1. The van der Waals surface area contributed by atoms with Crippen LogP contribution in [0.1, 0.15) is 32.3 Å². The second-order valence-corrected chi connectivity index (χ2v) is 5.31. The highest BCUT2D eigenvalue weighted by Crippen LogP contribution is 2.24. The van der Waals surface area contributed by atoms with E-state index in [1.807, 2.05) is 6.07 Å². The van der Waals surface area contributed by atoms with Gasteiger partial charge in [-0.1, -0.05) is 26.1 Å². The molecule has 0 radical (unpaired) electrons. The summed E-state index contributed by atoms with van der Waals surface area (Å²) in [7, 11) is 0. The van der Waals surface area contributed by atoms with Crippen LogP contribution in [0.15, 0.2) is 22.7 Å². The minimum atomic E-state index is 0.431. The van der Waals surface area contributed by atoms with Gasteiger partial charge in [0.15, 0.2) is 0 Å². The molecule has 0 amide bonds. The first kappa shape index (κ1) is 14.5. The molecule has 0 spiro atoms. The van der Waals surface area contributed by atoms with Gasteiger partial charge in [0.25, 0.3) is 0 Å². The highest BCUT2D eigenvalue weighted by atomic mass is 79.9. The van der Waals surface area contributed by atoms with Crippen LogP contribution in [0.2, 0.25) is 0 Å². The summed E-state index contributed by atoms with van der Waals surface area (Å²) in [6, 6.07) is 6.17. The molecule has 0 saturated heterocycles. The van der Waals surface area contributed by atoms with Crippen molar-refractivity contribution in [1.29, 1.82) is 0 Å². The number of hydrogen-bond acceptors (Lipinski definition) is 2. The third-order valence-corrected chi connectivity index (χ3v) is 3.45. The van der Waals surface area contributed by atoms with Crippen LogP contribution in [0, 0.1) is 0 Å². The molecule has 0 heterocycles. The molecule has 0 unspecified atom stereocenters. The number of nitrogens with zero attached hydrogens (tertiary/aromatic N) is 1. The van der Waals surface area contributed by atoms with Gasteiger partial charge in [-0.2, -0.15) is 0 Å². The minimum Gasteiger partial charge on any atom is -0.389 e. The Hall–Kier alpha value is -0.610. The van der Waals surface area contributed by atoms with Gasteiger partial charge in [-0.25, -0.2) is 0 Å². The molecule has 0 aliphatic carbocycles. The molecule has 1 aromatic rings. The van der Waals surface area contributed by atoms with Gasteiger partial charge >= 0.3 is 0 Å². The van der Waals surface area contributed by atoms with Crippen molar-refractivity contribution in [1.82, 2.24) is 0 Å². The molecule has 94 valence electrons. The van der Waals surface area contributed by atoms with Crippen LogP contribution >= 0.6 is 28.1 Å². The quantitative estimate of drug-likeness (QED) is 0.812. The summed E-state index contributed by atoms with van der Waals surface area (Å²) < 4.78 is 0.972. The summed E-state index contributed by atoms with van der Waals surface area (Å²) >= 11 is 8.52. The first-order valence-corrected chi connectivity index (χ1v) is 7.14. The fourth-order valence-corrected chi connectivity index (χ4v) is 2.70. The van der Waals surface area contributed by atoms with Gasteiger partial charge in [0.2, 0.25) is 0 Å². The van der Waals surface area contributed by atoms with E-state index in [0.717, 1.165) is 36.0 Å². The van der Waals surface area contributed by atoms with Gasteiger partial charge in [-0.05, 0) is 47.0 Å². The molecule has 2 N–H and O–H groups in total. The molecule has 0 aromatic heterocycles. The molecule has 1 aromatic carbocycles. The van der Waals surface area contributed by atoms with Gasteiger partial charge in [-0.3, -0.25) is 0 Å². The Balaban J connectivity index is 2.97. The molecule has 4 heteroatoms. The van der Waals surface area contributed by atoms with Crippen LogP contribution in [-0.4, -0.2) is 18.1 Å². The zero-order chi connectivity index (χ0) is 12.8. The lowest BCUT2D eigenvalue weighted by Gasteiger charge is -2.24. The maximum atomic E-state index is 5.65. The molecule has 0 aliphatic rings. The zero-order valence-corrected chi connectivity index (χ0v) is 12.8. The monoisotopic (exact) mass is 314 g/mol. The van der Waals surface area contributed by atoms with Crippen LogP contribution in [0.5, 0.6) is 0 Å². The van der Waals surface area contributed by atoms with Crippen molar-refractivity contribution in [2.45, 2.75) is 26.7 Å². The highest BCUT2D eigenvalue weighted by molar-refractivity contribution is 9.10. The van der Waals surface area contributed by atoms with E-state index >= 15 is 0 Å². The lowest BCUT2D eigenvalue weighted by molar-refractivity contribution is 0.745. The molecule has 0 saturated carbocycles. The van der Waals surface area contributed by atoms with Crippen molar-refractivity contribution >= 4 is 38.8 Å². The Morgan fingerprint density at radius 2 is 1.88 bits per heavy atom. The summed E-state index contributed by atoms with van der Waals surface area (Å²) in [5, 5.41) is 0. The third-order valence-electron chi connectivity index (χ3n) is 2.57. The van der Waals surface area contributed by atoms with E-state index in [1.54, 1.807) is 0 Å². The van der Waals surface area contributed by atoms with Crippen LogP contribution in [-0.2, 0) is 0 Å². The van der Waals surface area contributed by atoms with Crippen molar-refractivity contribution in [2.75, 3.05) is 18.0 Å². The molecule has 0 fully saturated rings. The van der Waals surface area contributed by atoms with Crippen molar-refractivity contribution in [3.05, 3.63) is 28.2 Å². The second-order valence-electron chi connectivity index (χ2n) is 4.02. The fraction of sp³-hybridized carbons (Fsp3) is 0.462. The maximum Gasteiger partial charge on any atom is 0.105 e. The van der Waals surface area contributed by atoms with E-state index in [4.69, 9.17) is 18.0 Å². The highest BCUT2D eigenvalue weighted by Gasteiger charge is 2.08. The SMILES string of the molecule is CCCN(CCC)c1ccc(C(N)=S)c(Br)c1. The van der Waals surface area contributed by atoms with E-state index in [2.05, 4.69) is 46.8 Å². The molecule has 0 bridgehead atoms. The molecule has 0 atom stereocenters. The second kappa shape index (κ2) is 6.97. The van der Waals surface area contributed by atoms with Gasteiger partial charge in [0.1, 0.15) is 4.99 Å². The average Bonchev–Trinajstić information content (AvgIpc) is 2.28. The molecule has 1 rings (SSSR count). The lowest BCUT2D eigenvalue weighted by Crippen LogP contribution is -2.25. The Labute approximate surface area is 117 Å². The maximum absolute atomic E-state index is 5.65. The van der Waals surface area contributed by atoms with Crippen LogP contribution in [0.3, 0.4) is 0 Å². The van der Waals surface area contributed by atoms with Gasteiger partial charge in [0, 0.05) is 28.8 Å². The smallest absolute Gasteiger partial charge is 0.105 e. The summed E-state index contributed by atoms with van der Waals surface area (Å²) in [4.78, 5) is 2.81. The molecular weight excluding hydrogens is 296 g/mol. The van der Waals surface area contributed by atoms with E-state index in [0.29, 0.717) is 4.99 Å². The van der Waals surface area contributed by atoms with Crippen molar-refractivity contribution in [2.24, 2.45) is 5.73 Å². The third kappa shape index (κ3) is 3.96. The topological polar surface area (TPSA) is 29.3 Å². The Morgan fingerprint density at radius 3 is 2.29 bits per heavy atom. The summed E-state index contributed by atoms with van der Waals surface area (Å²) in [5.41, 5.74) is 7.77. The predicted octanol–water partition coefficient (Wildman–Crippen LogP) is 3.71. The van der Waals surface area contributed by atoms with Crippen molar-refractivity contribution in [3.63, 3.8) is 0 Å². The zero-order valence-electron chi connectivity index (χ0n) is 10.4. The number of thiocarbonyl (C=S) groups is 1. The van der Waals surface area contributed by atoms with Crippen LogP contribution < -0.4 is 10.6 Å². The van der Waals surface area contributed by atoms with E-state index < -0.39 is 0 Å². The van der Waals surface area contributed by atoms with E-state index in [9.17, 15) is 0 Å². The molecule has 17 heavy (non-hydrogen) atoms. The normalized spacial score (nSPS) is 10.3. The Kier molecular flexibility index (Phi) is 5.92. The molecule has 2 nitrogen and oxygen atoms in total. The average molecular weight is 315 g/mol. The van der Waals surface area contributed by atoms with Crippen LogP contribution in [0.25, 0.3) is 0 Å². The van der Waals surface area contributed by atoms with Crippen LogP contribution in [0.4, 0.5) is 5.69 Å². The summed E-state index contributed by atoms with van der Waals surface area (Å²) in [6.45, 7) is 6.54. The molecule has 0 aliphatic heterocycles. The van der Waals surface area contributed by atoms with Crippen molar-refractivity contribution in [3.8, 4) is 0 Å². The van der Waals surface area contributed by atoms with E-state index in [1.165, 1.54) is 5.69 Å². The Bertz CT molecular complexity index is 387. The van der Waals surface area contributed by atoms with Gasteiger partial charge in [0.05, 0.1) is 0 Å². The first-order chi connectivity index (χ1) is 8.10. The number of halogens is 1. The Morgan fingerprint density at radius 1 is 1.29 bits per heavy atom. The summed E-state index contributed by atoms with van der Waals surface area (Å²) in [6.07, 6.45) is 2.29. The minimum absolute atomic E-state index is 0.431. The number of rotatable bonds is 6. The standard InChI is InChI=1S/C13H19BrN2S/c1-3-7-16(8-4-2)10-5-6-11(13(15)17)12(14)9-10/h5-6,9H,3-4,7-8H2,1-2H3,(H2,15,17). The molecular formula is C13H19BrN2S. The van der Waals surface area contributed by atoms with E-state index in [-0.39, 0.29) is 0 Å². The number of nitrogens with two attached hydrogens (primary N) is 1. The fourth-order valence-electron chi connectivity index (χ4n) is 1.81. The lowest BCUT2D eigenvalue weighted by atomic mass is 10.2.